The van der Waals surface area contributed by atoms with E-state index in [0.29, 0.717) is 12.1 Å². The number of amides is 3. The zero-order chi connectivity index (χ0) is 19.4. The second-order valence-electron chi connectivity index (χ2n) is 7.00. The minimum atomic E-state index is -0.310. The Hall–Kier alpha value is -2.70. The fraction of sp³-hybridized carbons (Fsp3) is 0.500. The van der Waals surface area contributed by atoms with Crippen molar-refractivity contribution < 1.29 is 23.9 Å². The van der Waals surface area contributed by atoms with E-state index in [-0.39, 0.29) is 55.5 Å². The van der Waals surface area contributed by atoms with Crippen molar-refractivity contribution in [1.29, 1.82) is 0 Å². The number of hydrogen-bond acceptors (Lipinski definition) is 5. The summed E-state index contributed by atoms with van der Waals surface area (Å²) in [6.07, 6.45) is 3.44. The number of piperidine rings is 1. The monoisotopic (exact) mass is 372 g/mol. The lowest BCUT2D eigenvalue weighted by molar-refractivity contribution is -0.142. The predicted molar refractivity (Wildman–Crippen MR) is 96.5 cm³/mol. The molecule has 0 aromatic heterocycles. The van der Waals surface area contributed by atoms with Gasteiger partial charge in [-0.15, -0.1) is 0 Å². The third-order valence-electron chi connectivity index (χ3n) is 5.21. The molecule has 7 nitrogen and oxygen atoms in total. The van der Waals surface area contributed by atoms with Gasteiger partial charge in [0.25, 0.3) is 5.91 Å². The van der Waals surface area contributed by atoms with Crippen molar-refractivity contribution in [3.63, 3.8) is 0 Å². The first-order valence-corrected chi connectivity index (χ1v) is 9.29. The SMILES string of the molecule is COC(=O)C[C@@H]1CCCCN1C(=O)c1ccc(CN2C(=O)CCC2=O)cc1. The number of carbonyl (C=O) groups is 4. The van der Waals surface area contributed by atoms with Gasteiger partial charge in [-0.05, 0) is 37.0 Å². The highest BCUT2D eigenvalue weighted by atomic mass is 16.5. The van der Waals surface area contributed by atoms with E-state index in [0.717, 1.165) is 24.8 Å². The normalized spacial score (nSPS) is 20.1. The Kier molecular flexibility index (Phi) is 5.88. The lowest BCUT2D eigenvalue weighted by Crippen LogP contribution is -2.44. The van der Waals surface area contributed by atoms with Crippen molar-refractivity contribution in [2.24, 2.45) is 0 Å². The summed E-state index contributed by atoms with van der Waals surface area (Å²) in [5.74, 6) is -0.725. The number of carbonyl (C=O) groups excluding carboxylic acids is 4. The molecular weight excluding hydrogens is 348 g/mol. The molecule has 0 unspecified atom stereocenters. The second kappa shape index (κ2) is 8.33. The summed E-state index contributed by atoms with van der Waals surface area (Å²) in [6, 6.07) is 6.83. The van der Waals surface area contributed by atoms with Gasteiger partial charge in [-0.1, -0.05) is 12.1 Å². The number of nitrogens with zero attached hydrogens (tertiary/aromatic N) is 2. The van der Waals surface area contributed by atoms with Crippen molar-refractivity contribution in [3.8, 4) is 0 Å². The molecule has 0 N–H and O–H groups in total. The standard InChI is InChI=1S/C20H24N2O5/c1-27-19(25)12-16-4-2-3-11-21(16)20(26)15-7-5-14(6-8-15)13-22-17(23)9-10-18(22)24/h5-8,16H,2-4,9-13H2,1H3/t16-/m0/s1. The summed E-state index contributed by atoms with van der Waals surface area (Å²) >= 11 is 0. The molecule has 1 aromatic rings. The summed E-state index contributed by atoms with van der Waals surface area (Å²) in [5, 5.41) is 0. The minimum Gasteiger partial charge on any atom is -0.469 e. The van der Waals surface area contributed by atoms with Crippen LogP contribution in [0.5, 0.6) is 0 Å². The fourth-order valence-corrected chi connectivity index (χ4v) is 3.66. The van der Waals surface area contributed by atoms with Gasteiger partial charge in [0.15, 0.2) is 0 Å². The maximum Gasteiger partial charge on any atom is 0.307 e. The van der Waals surface area contributed by atoms with Crippen molar-refractivity contribution in [3.05, 3.63) is 35.4 Å². The second-order valence-corrected chi connectivity index (χ2v) is 7.00. The van der Waals surface area contributed by atoms with E-state index in [1.165, 1.54) is 12.0 Å². The Labute approximate surface area is 158 Å². The number of likely N-dealkylation sites (tertiary alicyclic amines) is 2. The topological polar surface area (TPSA) is 84.0 Å². The molecule has 0 bridgehead atoms. The van der Waals surface area contributed by atoms with E-state index in [4.69, 9.17) is 4.74 Å². The average molecular weight is 372 g/mol. The molecule has 3 rings (SSSR count). The van der Waals surface area contributed by atoms with Crippen LogP contribution in [0.15, 0.2) is 24.3 Å². The van der Waals surface area contributed by atoms with Crippen molar-refractivity contribution in [1.82, 2.24) is 9.80 Å². The molecule has 0 aliphatic carbocycles. The van der Waals surface area contributed by atoms with Gasteiger partial charge in [0.1, 0.15) is 0 Å². The third-order valence-corrected chi connectivity index (χ3v) is 5.21. The largest absolute Gasteiger partial charge is 0.469 e. The molecule has 0 saturated carbocycles. The molecule has 2 heterocycles. The molecule has 1 aromatic carbocycles. The number of esters is 1. The quantitative estimate of drug-likeness (QED) is 0.582. The third kappa shape index (κ3) is 4.35. The summed E-state index contributed by atoms with van der Waals surface area (Å²) in [5.41, 5.74) is 1.34. The van der Waals surface area contributed by atoms with Crippen LogP contribution in [0.3, 0.4) is 0 Å². The lowest BCUT2D eigenvalue weighted by atomic mass is 9.98. The van der Waals surface area contributed by atoms with Gasteiger partial charge >= 0.3 is 5.97 Å². The highest BCUT2D eigenvalue weighted by Crippen LogP contribution is 2.23. The zero-order valence-corrected chi connectivity index (χ0v) is 15.5. The molecular formula is C20H24N2O5. The first kappa shape index (κ1) is 19.1. The van der Waals surface area contributed by atoms with Crippen LogP contribution in [-0.4, -0.2) is 53.2 Å². The lowest BCUT2D eigenvalue weighted by Gasteiger charge is -2.35. The zero-order valence-electron chi connectivity index (χ0n) is 15.5. The Morgan fingerprint density at radius 2 is 1.74 bits per heavy atom. The highest BCUT2D eigenvalue weighted by molar-refractivity contribution is 6.01. The average Bonchev–Trinajstić information content (AvgIpc) is 3.00. The Balaban J connectivity index is 1.68. The number of hydrogen-bond donors (Lipinski definition) is 0. The van der Waals surface area contributed by atoms with Crippen LogP contribution in [0.1, 0.15) is 54.4 Å². The molecule has 0 radical (unpaired) electrons. The van der Waals surface area contributed by atoms with E-state index in [2.05, 4.69) is 0 Å². The van der Waals surface area contributed by atoms with Gasteiger partial charge in [-0.25, -0.2) is 0 Å². The van der Waals surface area contributed by atoms with Gasteiger partial charge in [-0.2, -0.15) is 0 Å². The van der Waals surface area contributed by atoms with E-state index in [1.54, 1.807) is 29.2 Å². The Bertz CT molecular complexity index is 727. The molecule has 3 amide bonds. The summed E-state index contributed by atoms with van der Waals surface area (Å²) < 4.78 is 4.75. The predicted octanol–water partition coefficient (Wildman–Crippen LogP) is 1.89. The number of imide groups is 1. The van der Waals surface area contributed by atoms with Gasteiger partial charge in [0.2, 0.25) is 11.8 Å². The van der Waals surface area contributed by atoms with E-state index in [9.17, 15) is 19.2 Å². The molecule has 27 heavy (non-hydrogen) atoms. The summed E-state index contributed by atoms with van der Waals surface area (Å²) in [6.45, 7) is 0.861. The molecule has 7 heteroatoms. The summed E-state index contributed by atoms with van der Waals surface area (Å²) in [7, 11) is 1.35. The molecule has 2 saturated heterocycles. The summed E-state index contributed by atoms with van der Waals surface area (Å²) in [4.78, 5) is 51.0. The van der Waals surface area contributed by atoms with Crippen LogP contribution in [0.4, 0.5) is 0 Å². The number of rotatable bonds is 5. The van der Waals surface area contributed by atoms with Gasteiger partial charge in [0, 0.05) is 31.0 Å². The Morgan fingerprint density at radius 3 is 2.37 bits per heavy atom. The first-order chi connectivity index (χ1) is 13.0. The van der Waals surface area contributed by atoms with Crippen molar-refractivity contribution in [2.45, 2.75) is 51.1 Å². The molecule has 2 aliphatic heterocycles. The van der Waals surface area contributed by atoms with Crippen LogP contribution in [0.25, 0.3) is 0 Å². The number of ether oxygens (including phenoxy) is 1. The van der Waals surface area contributed by atoms with Crippen LogP contribution < -0.4 is 0 Å². The molecule has 2 aliphatic rings. The van der Waals surface area contributed by atoms with Crippen LogP contribution in [-0.2, 0) is 25.7 Å². The van der Waals surface area contributed by atoms with Gasteiger partial charge in [-0.3, -0.25) is 24.1 Å². The van der Waals surface area contributed by atoms with E-state index < -0.39 is 0 Å². The van der Waals surface area contributed by atoms with Gasteiger partial charge < -0.3 is 9.64 Å². The van der Waals surface area contributed by atoms with Crippen molar-refractivity contribution in [2.75, 3.05) is 13.7 Å². The van der Waals surface area contributed by atoms with Gasteiger partial charge in [0.05, 0.1) is 20.1 Å². The minimum absolute atomic E-state index is 0.108. The van der Waals surface area contributed by atoms with Crippen LogP contribution in [0, 0.1) is 0 Å². The molecule has 1 atom stereocenters. The van der Waals surface area contributed by atoms with E-state index >= 15 is 0 Å². The molecule has 0 spiro atoms. The maximum atomic E-state index is 12.9. The number of benzene rings is 1. The van der Waals surface area contributed by atoms with Crippen LogP contribution >= 0.6 is 0 Å². The van der Waals surface area contributed by atoms with Crippen molar-refractivity contribution >= 4 is 23.7 Å². The molecule has 2 fully saturated rings. The fourth-order valence-electron chi connectivity index (χ4n) is 3.66. The maximum absolute atomic E-state index is 12.9. The molecule has 144 valence electrons. The first-order valence-electron chi connectivity index (χ1n) is 9.29. The smallest absolute Gasteiger partial charge is 0.307 e. The van der Waals surface area contributed by atoms with E-state index in [1.807, 2.05) is 0 Å². The van der Waals surface area contributed by atoms with Crippen LogP contribution in [0.2, 0.25) is 0 Å². The highest BCUT2D eigenvalue weighted by Gasteiger charge is 2.30. The number of methoxy groups -OCH3 is 1. The Morgan fingerprint density at radius 1 is 1.07 bits per heavy atom.